The van der Waals surface area contributed by atoms with Crippen molar-refractivity contribution in [1.82, 2.24) is 15.0 Å². The third-order valence-electron chi connectivity index (χ3n) is 3.09. The Morgan fingerprint density at radius 2 is 2.38 bits per heavy atom. The molecule has 0 radical (unpaired) electrons. The molecule has 86 valence electrons. The predicted molar refractivity (Wildman–Crippen MR) is 57.5 cm³/mol. The zero-order valence-corrected chi connectivity index (χ0v) is 9.68. The fourth-order valence-corrected chi connectivity index (χ4v) is 1.95. The molecule has 0 aliphatic heterocycles. The second-order valence-electron chi connectivity index (χ2n) is 4.27. The molecule has 1 aliphatic carbocycles. The van der Waals surface area contributed by atoms with Gasteiger partial charge in [0.05, 0.1) is 30.8 Å². The Morgan fingerprint density at radius 3 is 2.94 bits per heavy atom. The van der Waals surface area contributed by atoms with Crippen molar-refractivity contribution in [3.63, 3.8) is 0 Å². The Hall–Kier alpha value is -1.41. The van der Waals surface area contributed by atoms with Crippen molar-refractivity contribution in [3.05, 3.63) is 11.4 Å². The highest BCUT2D eigenvalue weighted by atomic mass is 16.5. The van der Waals surface area contributed by atoms with Crippen molar-refractivity contribution >= 4 is 0 Å². The second-order valence-corrected chi connectivity index (χ2v) is 4.27. The van der Waals surface area contributed by atoms with Crippen LogP contribution in [0.15, 0.2) is 0 Å². The van der Waals surface area contributed by atoms with Crippen LogP contribution in [0.2, 0.25) is 0 Å². The van der Waals surface area contributed by atoms with Crippen molar-refractivity contribution in [2.24, 2.45) is 5.92 Å². The number of hydrogen-bond acceptors (Lipinski definition) is 4. The van der Waals surface area contributed by atoms with Crippen molar-refractivity contribution in [2.75, 3.05) is 7.11 Å². The van der Waals surface area contributed by atoms with Gasteiger partial charge in [0, 0.05) is 7.11 Å². The molecule has 0 saturated heterocycles. The summed E-state index contributed by atoms with van der Waals surface area (Å²) < 4.78 is 7.08. The molecule has 5 nitrogen and oxygen atoms in total. The molecule has 0 bridgehead atoms. The maximum absolute atomic E-state index is 8.71. The molecule has 1 aliphatic rings. The summed E-state index contributed by atoms with van der Waals surface area (Å²) in [6.45, 7) is 2.63. The van der Waals surface area contributed by atoms with Crippen LogP contribution in [0.25, 0.3) is 0 Å². The van der Waals surface area contributed by atoms with E-state index in [4.69, 9.17) is 10.00 Å². The molecule has 0 N–H and O–H groups in total. The van der Waals surface area contributed by atoms with E-state index in [2.05, 4.69) is 23.3 Å². The lowest BCUT2D eigenvalue weighted by atomic mass is 10.2. The summed E-state index contributed by atoms with van der Waals surface area (Å²) >= 11 is 0. The molecule has 1 heterocycles. The van der Waals surface area contributed by atoms with Gasteiger partial charge >= 0.3 is 0 Å². The van der Waals surface area contributed by atoms with Gasteiger partial charge in [-0.25, -0.2) is 4.68 Å². The topological polar surface area (TPSA) is 63.7 Å². The zero-order valence-electron chi connectivity index (χ0n) is 9.68. The van der Waals surface area contributed by atoms with E-state index in [0.29, 0.717) is 25.0 Å². The van der Waals surface area contributed by atoms with Crippen LogP contribution in [0.5, 0.6) is 0 Å². The molecule has 16 heavy (non-hydrogen) atoms. The quantitative estimate of drug-likeness (QED) is 0.753. The minimum atomic E-state index is 0.302. The van der Waals surface area contributed by atoms with E-state index in [-0.39, 0.29) is 0 Å². The molecule has 2 rings (SSSR count). The summed E-state index contributed by atoms with van der Waals surface area (Å²) in [6, 6.07) is 2.47. The molecule has 1 unspecified atom stereocenters. The molecule has 1 saturated carbocycles. The highest BCUT2D eigenvalue weighted by Gasteiger charge is 2.31. The lowest BCUT2D eigenvalue weighted by Gasteiger charge is -2.13. The summed E-state index contributed by atoms with van der Waals surface area (Å²) in [6.07, 6.45) is 2.83. The number of hydrogen-bond donors (Lipinski definition) is 0. The van der Waals surface area contributed by atoms with E-state index < -0.39 is 0 Å². The van der Waals surface area contributed by atoms with Gasteiger partial charge in [0.25, 0.3) is 0 Å². The van der Waals surface area contributed by atoms with Crippen LogP contribution in [0, 0.1) is 17.2 Å². The minimum Gasteiger partial charge on any atom is -0.378 e. The van der Waals surface area contributed by atoms with Crippen LogP contribution in [-0.4, -0.2) is 22.1 Å². The number of ether oxygens (including phenoxy) is 1. The van der Waals surface area contributed by atoms with Gasteiger partial charge in [-0.3, -0.25) is 0 Å². The summed E-state index contributed by atoms with van der Waals surface area (Å²) in [4.78, 5) is 0. The Balaban J connectivity index is 2.25. The van der Waals surface area contributed by atoms with Gasteiger partial charge in [0.1, 0.15) is 5.69 Å². The van der Waals surface area contributed by atoms with E-state index in [0.717, 1.165) is 11.4 Å². The monoisotopic (exact) mass is 220 g/mol. The number of nitriles is 1. The highest BCUT2D eigenvalue weighted by Crippen LogP contribution is 2.39. The summed E-state index contributed by atoms with van der Waals surface area (Å²) in [7, 11) is 1.65. The van der Waals surface area contributed by atoms with Crippen molar-refractivity contribution in [2.45, 2.75) is 38.8 Å². The maximum Gasteiger partial charge on any atom is 0.102 e. The average Bonchev–Trinajstić information content (AvgIpc) is 3.05. The smallest absolute Gasteiger partial charge is 0.102 e. The number of nitrogens with zero attached hydrogens (tertiary/aromatic N) is 4. The summed E-state index contributed by atoms with van der Waals surface area (Å²) in [5.74, 6) is 0.715. The Morgan fingerprint density at radius 1 is 1.62 bits per heavy atom. The van der Waals surface area contributed by atoms with E-state index in [9.17, 15) is 0 Å². The molecule has 5 heteroatoms. The summed E-state index contributed by atoms with van der Waals surface area (Å²) in [5, 5.41) is 16.9. The maximum atomic E-state index is 8.71. The molecular formula is C11H16N4O. The third-order valence-corrected chi connectivity index (χ3v) is 3.09. The van der Waals surface area contributed by atoms with Gasteiger partial charge in [0.2, 0.25) is 0 Å². The largest absolute Gasteiger partial charge is 0.378 e. The number of methoxy groups -OCH3 is 1. The van der Waals surface area contributed by atoms with E-state index in [1.807, 2.05) is 4.68 Å². The molecular weight excluding hydrogens is 204 g/mol. The number of rotatable bonds is 5. The fourth-order valence-electron chi connectivity index (χ4n) is 1.95. The molecule has 1 atom stereocenters. The fraction of sp³-hybridized carbons (Fsp3) is 0.727. The van der Waals surface area contributed by atoms with Crippen LogP contribution in [0.4, 0.5) is 0 Å². The Labute approximate surface area is 95.0 Å². The summed E-state index contributed by atoms with van der Waals surface area (Å²) in [5.41, 5.74) is 1.69. The highest BCUT2D eigenvalue weighted by molar-refractivity contribution is 5.14. The molecule has 0 aromatic carbocycles. The van der Waals surface area contributed by atoms with Crippen molar-refractivity contribution < 1.29 is 4.74 Å². The van der Waals surface area contributed by atoms with E-state index >= 15 is 0 Å². The van der Waals surface area contributed by atoms with Crippen molar-refractivity contribution in [1.29, 1.82) is 5.26 Å². The van der Waals surface area contributed by atoms with Crippen LogP contribution in [0.1, 0.15) is 37.2 Å². The van der Waals surface area contributed by atoms with Gasteiger partial charge in [-0.1, -0.05) is 5.21 Å². The Bertz CT molecular complexity index is 403. The SMILES string of the molecule is COCc1c(CC#N)nnn1C(C)C1CC1. The van der Waals surface area contributed by atoms with E-state index in [1.54, 1.807) is 7.11 Å². The predicted octanol–water partition coefficient (Wildman–Crippen LogP) is 1.46. The lowest BCUT2D eigenvalue weighted by Crippen LogP contribution is -2.13. The Kier molecular flexibility index (Phi) is 3.20. The molecule has 1 aromatic heterocycles. The normalized spacial score (nSPS) is 17.1. The first-order valence-electron chi connectivity index (χ1n) is 5.56. The van der Waals surface area contributed by atoms with Gasteiger partial charge in [-0.2, -0.15) is 5.26 Å². The molecule has 0 amide bonds. The first kappa shape index (κ1) is 11.1. The van der Waals surface area contributed by atoms with Crippen LogP contribution < -0.4 is 0 Å². The van der Waals surface area contributed by atoms with Gasteiger partial charge in [0.15, 0.2) is 0 Å². The van der Waals surface area contributed by atoms with Crippen LogP contribution in [0.3, 0.4) is 0 Å². The third kappa shape index (κ3) is 2.07. The first-order chi connectivity index (χ1) is 7.77. The van der Waals surface area contributed by atoms with Gasteiger partial charge in [-0.05, 0) is 25.7 Å². The zero-order chi connectivity index (χ0) is 11.5. The first-order valence-corrected chi connectivity index (χ1v) is 5.56. The minimum absolute atomic E-state index is 0.302. The molecule has 0 spiro atoms. The average molecular weight is 220 g/mol. The van der Waals surface area contributed by atoms with Crippen molar-refractivity contribution in [3.8, 4) is 6.07 Å². The number of aromatic nitrogens is 3. The van der Waals surface area contributed by atoms with Crippen LogP contribution >= 0.6 is 0 Å². The second kappa shape index (κ2) is 4.62. The molecule has 1 aromatic rings. The van der Waals surface area contributed by atoms with Gasteiger partial charge in [-0.15, -0.1) is 5.10 Å². The lowest BCUT2D eigenvalue weighted by molar-refractivity contribution is 0.172. The van der Waals surface area contributed by atoms with Gasteiger partial charge < -0.3 is 4.74 Å². The van der Waals surface area contributed by atoms with E-state index in [1.165, 1.54) is 12.8 Å². The standard InChI is InChI=1S/C11H16N4O/c1-8(9-3-4-9)15-11(7-16-2)10(5-6-12)13-14-15/h8-9H,3-5,7H2,1-2H3. The molecule has 1 fully saturated rings. The van der Waals surface area contributed by atoms with Crippen LogP contribution in [-0.2, 0) is 17.8 Å².